The number of aromatic amines is 1. The molecule has 1 aliphatic rings. The standard InChI is InChI=1S/C18H27N3O2S2/c1-11-9-21(16(10-25-24-5)12(2)17(11)23-4)18-19-14-7-6-13(22-3)8-15(14)20-18/h6-8,11-12,16-17H,9-10H2,1-5H3,(H,19,20)/t11?,12?,16-,17-/m1/s1. The van der Waals surface area contributed by atoms with E-state index >= 15 is 0 Å². The van der Waals surface area contributed by atoms with Crippen LogP contribution in [0.5, 0.6) is 5.75 Å². The number of fused-ring (bicyclic) bond motifs is 1. The van der Waals surface area contributed by atoms with Crippen molar-refractivity contribution in [2.24, 2.45) is 11.8 Å². The van der Waals surface area contributed by atoms with E-state index in [0.29, 0.717) is 17.9 Å². The summed E-state index contributed by atoms with van der Waals surface area (Å²) in [6.45, 7) is 5.51. The van der Waals surface area contributed by atoms with Crippen LogP contribution in [0.15, 0.2) is 18.2 Å². The molecule has 1 saturated heterocycles. The van der Waals surface area contributed by atoms with E-state index in [0.717, 1.165) is 35.0 Å². The molecule has 5 nitrogen and oxygen atoms in total. The van der Waals surface area contributed by atoms with E-state index in [9.17, 15) is 0 Å². The van der Waals surface area contributed by atoms with Crippen LogP contribution in [-0.2, 0) is 4.74 Å². The van der Waals surface area contributed by atoms with Crippen LogP contribution in [0.3, 0.4) is 0 Å². The molecule has 7 heteroatoms. The Morgan fingerprint density at radius 2 is 2.12 bits per heavy atom. The molecule has 0 radical (unpaired) electrons. The van der Waals surface area contributed by atoms with Gasteiger partial charge in [-0.05, 0) is 18.4 Å². The Hall–Kier alpha value is -1.05. The molecule has 1 aliphatic heterocycles. The van der Waals surface area contributed by atoms with Crippen molar-refractivity contribution in [2.45, 2.75) is 26.0 Å². The van der Waals surface area contributed by atoms with Crippen molar-refractivity contribution in [1.29, 1.82) is 0 Å². The third-order valence-electron chi connectivity index (χ3n) is 5.15. The molecule has 1 aromatic carbocycles. The second-order valence-electron chi connectivity index (χ2n) is 6.65. The van der Waals surface area contributed by atoms with Gasteiger partial charge in [0.1, 0.15) is 5.75 Å². The van der Waals surface area contributed by atoms with Gasteiger partial charge in [-0.1, -0.05) is 35.4 Å². The Labute approximate surface area is 157 Å². The molecule has 0 amide bonds. The Kier molecular flexibility index (Phi) is 6.07. The van der Waals surface area contributed by atoms with Crippen molar-refractivity contribution in [1.82, 2.24) is 9.97 Å². The second-order valence-corrected chi connectivity index (χ2v) is 9.26. The lowest BCUT2D eigenvalue weighted by molar-refractivity contribution is -0.00443. The van der Waals surface area contributed by atoms with Crippen LogP contribution in [0.25, 0.3) is 11.0 Å². The number of anilines is 1. The maximum absolute atomic E-state index is 5.81. The summed E-state index contributed by atoms with van der Waals surface area (Å²) < 4.78 is 11.1. The van der Waals surface area contributed by atoms with Gasteiger partial charge in [0.2, 0.25) is 5.95 Å². The highest BCUT2D eigenvalue weighted by Crippen LogP contribution is 2.36. The zero-order valence-corrected chi connectivity index (χ0v) is 17.1. The van der Waals surface area contributed by atoms with Crippen LogP contribution in [0.4, 0.5) is 5.95 Å². The molecule has 2 aromatic rings. The van der Waals surface area contributed by atoms with Gasteiger partial charge in [0.05, 0.1) is 24.2 Å². The van der Waals surface area contributed by atoms with Crippen LogP contribution in [-0.4, -0.2) is 54.9 Å². The van der Waals surface area contributed by atoms with Gasteiger partial charge in [0, 0.05) is 43.4 Å². The van der Waals surface area contributed by atoms with Crippen molar-refractivity contribution in [3.8, 4) is 5.75 Å². The average Bonchev–Trinajstić information content (AvgIpc) is 3.03. The van der Waals surface area contributed by atoms with Crippen LogP contribution >= 0.6 is 21.6 Å². The first-order chi connectivity index (χ1) is 12.1. The number of hydrogen-bond acceptors (Lipinski definition) is 6. The van der Waals surface area contributed by atoms with Gasteiger partial charge in [-0.25, -0.2) is 4.98 Å². The second kappa shape index (κ2) is 8.10. The summed E-state index contributed by atoms with van der Waals surface area (Å²) >= 11 is 0. The van der Waals surface area contributed by atoms with E-state index in [2.05, 4.69) is 30.0 Å². The maximum Gasteiger partial charge on any atom is 0.204 e. The summed E-state index contributed by atoms with van der Waals surface area (Å²) in [5.41, 5.74) is 1.99. The molecule has 0 bridgehead atoms. The van der Waals surface area contributed by atoms with E-state index in [1.807, 2.05) is 46.9 Å². The molecule has 138 valence electrons. The fourth-order valence-corrected chi connectivity index (χ4v) is 5.46. The fourth-order valence-electron chi connectivity index (χ4n) is 3.88. The number of H-pyrrole nitrogens is 1. The highest BCUT2D eigenvalue weighted by molar-refractivity contribution is 8.76. The van der Waals surface area contributed by atoms with E-state index in [4.69, 9.17) is 14.5 Å². The minimum absolute atomic E-state index is 0.285. The summed E-state index contributed by atoms with van der Waals surface area (Å²) in [5, 5.41) is 0. The van der Waals surface area contributed by atoms with E-state index in [1.165, 1.54) is 0 Å². The number of aromatic nitrogens is 2. The molecule has 0 saturated carbocycles. The third kappa shape index (κ3) is 3.73. The molecular weight excluding hydrogens is 354 g/mol. The summed E-state index contributed by atoms with van der Waals surface area (Å²) in [5.74, 6) is 3.74. The smallest absolute Gasteiger partial charge is 0.204 e. The first kappa shape index (κ1) is 18.7. The average molecular weight is 382 g/mol. The zero-order chi connectivity index (χ0) is 18.0. The molecule has 3 rings (SSSR count). The van der Waals surface area contributed by atoms with E-state index in [1.54, 1.807) is 7.11 Å². The van der Waals surface area contributed by atoms with Crippen molar-refractivity contribution in [2.75, 3.05) is 37.7 Å². The lowest BCUT2D eigenvalue weighted by atomic mass is 9.83. The highest BCUT2D eigenvalue weighted by Gasteiger charge is 2.40. The minimum Gasteiger partial charge on any atom is -0.497 e. The molecular formula is C18H27N3O2S2. The molecule has 2 unspecified atom stereocenters. The van der Waals surface area contributed by atoms with Gasteiger partial charge in [-0.2, -0.15) is 0 Å². The van der Waals surface area contributed by atoms with Gasteiger partial charge in [0.15, 0.2) is 0 Å². The first-order valence-corrected chi connectivity index (χ1v) is 11.3. The largest absolute Gasteiger partial charge is 0.497 e. The topological polar surface area (TPSA) is 50.4 Å². The van der Waals surface area contributed by atoms with Crippen molar-refractivity contribution < 1.29 is 9.47 Å². The van der Waals surface area contributed by atoms with Gasteiger partial charge in [0.25, 0.3) is 0 Å². The molecule has 0 aliphatic carbocycles. The van der Waals surface area contributed by atoms with Crippen LogP contribution in [0, 0.1) is 11.8 Å². The maximum atomic E-state index is 5.81. The van der Waals surface area contributed by atoms with Crippen molar-refractivity contribution >= 4 is 38.6 Å². The van der Waals surface area contributed by atoms with Crippen LogP contribution in [0.2, 0.25) is 0 Å². The SMILES string of the molecule is COc1ccc2nc(N3CC(C)[C@@H](OC)C(C)[C@H]3CSSC)[nH]c2c1. The van der Waals surface area contributed by atoms with Crippen LogP contribution < -0.4 is 9.64 Å². The number of benzene rings is 1. The predicted octanol–water partition coefficient (Wildman–Crippen LogP) is 4.06. The Balaban J connectivity index is 1.94. The van der Waals surface area contributed by atoms with E-state index < -0.39 is 0 Å². The quantitative estimate of drug-likeness (QED) is 0.762. The molecule has 0 spiro atoms. The van der Waals surface area contributed by atoms with Gasteiger partial charge < -0.3 is 19.4 Å². The summed E-state index contributed by atoms with van der Waals surface area (Å²) in [6.07, 6.45) is 2.42. The zero-order valence-electron chi connectivity index (χ0n) is 15.5. The predicted molar refractivity (Wildman–Crippen MR) is 109 cm³/mol. The lowest BCUT2D eigenvalue weighted by Gasteiger charge is -2.46. The van der Waals surface area contributed by atoms with Gasteiger partial charge in [-0.15, -0.1) is 0 Å². The monoisotopic (exact) mass is 381 g/mol. The summed E-state index contributed by atoms with van der Waals surface area (Å²) in [7, 11) is 7.24. The number of piperidine rings is 1. The normalized spacial score (nSPS) is 27.0. The number of ether oxygens (including phenoxy) is 2. The highest BCUT2D eigenvalue weighted by atomic mass is 33.1. The third-order valence-corrected chi connectivity index (χ3v) is 6.98. The molecule has 1 fully saturated rings. The van der Waals surface area contributed by atoms with Crippen molar-refractivity contribution in [3.63, 3.8) is 0 Å². The van der Waals surface area contributed by atoms with Crippen LogP contribution in [0.1, 0.15) is 13.8 Å². The Morgan fingerprint density at radius 1 is 1.32 bits per heavy atom. The molecule has 1 N–H and O–H groups in total. The van der Waals surface area contributed by atoms with Gasteiger partial charge in [-0.3, -0.25) is 0 Å². The van der Waals surface area contributed by atoms with Crippen molar-refractivity contribution in [3.05, 3.63) is 18.2 Å². The number of hydrogen-bond donors (Lipinski definition) is 1. The number of rotatable bonds is 6. The molecule has 1 aromatic heterocycles. The molecule has 2 heterocycles. The number of nitrogens with one attached hydrogen (secondary N) is 1. The number of imidazole rings is 1. The first-order valence-electron chi connectivity index (χ1n) is 8.57. The molecule has 4 atom stereocenters. The summed E-state index contributed by atoms with van der Waals surface area (Å²) in [4.78, 5) is 10.8. The number of methoxy groups -OCH3 is 2. The lowest BCUT2D eigenvalue weighted by Crippen LogP contribution is -2.56. The number of nitrogens with zero attached hydrogens (tertiary/aromatic N) is 2. The van der Waals surface area contributed by atoms with Gasteiger partial charge >= 0.3 is 0 Å². The Bertz CT molecular complexity index is 709. The Morgan fingerprint density at radius 3 is 2.80 bits per heavy atom. The fraction of sp³-hybridized carbons (Fsp3) is 0.611. The van der Waals surface area contributed by atoms with E-state index in [-0.39, 0.29) is 6.10 Å². The minimum atomic E-state index is 0.285. The molecule has 25 heavy (non-hydrogen) atoms. The summed E-state index contributed by atoms with van der Waals surface area (Å²) in [6, 6.07) is 6.36.